The van der Waals surface area contributed by atoms with E-state index in [1.54, 1.807) is 11.9 Å². The number of carbonyl (C=O) groups is 3. The molecule has 3 amide bonds. The fraction of sp³-hybridized carbons (Fsp3) is 0.444. The van der Waals surface area contributed by atoms with Crippen LogP contribution in [0.3, 0.4) is 0 Å². The number of fused-ring (bicyclic) bond motifs is 1. The molecule has 1 aromatic carbocycles. The van der Waals surface area contributed by atoms with E-state index >= 15 is 0 Å². The van der Waals surface area contributed by atoms with E-state index in [0.29, 0.717) is 12.5 Å². The fourth-order valence-electron chi connectivity index (χ4n) is 3.37. The zero-order chi connectivity index (χ0) is 19.7. The van der Waals surface area contributed by atoms with Crippen LogP contribution in [-0.4, -0.2) is 90.5 Å². The molecule has 0 radical (unpaired) electrons. The summed E-state index contributed by atoms with van der Waals surface area (Å²) in [5.41, 5.74) is 1.06. The molecule has 27 heavy (non-hydrogen) atoms. The zero-order valence-electron chi connectivity index (χ0n) is 15.8. The van der Waals surface area contributed by atoms with Gasteiger partial charge in [-0.05, 0) is 5.56 Å². The summed E-state index contributed by atoms with van der Waals surface area (Å²) in [6.45, 7) is 0.412. The molecule has 1 fully saturated rings. The van der Waals surface area contributed by atoms with Crippen LogP contribution in [0.4, 0.5) is 4.79 Å². The lowest BCUT2D eigenvalue weighted by Crippen LogP contribution is -2.64. The number of rotatable bonds is 4. The number of hydrogen-bond acceptors (Lipinski definition) is 7. The van der Waals surface area contributed by atoms with E-state index in [4.69, 9.17) is 4.74 Å². The lowest BCUT2D eigenvalue weighted by Gasteiger charge is -2.40. The third kappa shape index (κ3) is 3.32. The van der Waals surface area contributed by atoms with Crippen molar-refractivity contribution in [2.24, 2.45) is 4.99 Å². The van der Waals surface area contributed by atoms with Gasteiger partial charge in [-0.2, -0.15) is 0 Å². The molecular formula is C18H23N5O4. The Bertz CT molecular complexity index is 781. The Kier molecular flexibility index (Phi) is 5.02. The molecule has 0 aliphatic carbocycles. The minimum atomic E-state index is -0.759. The quantitative estimate of drug-likeness (QED) is 0.700. The van der Waals surface area contributed by atoms with Crippen molar-refractivity contribution < 1.29 is 19.1 Å². The van der Waals surface area contributed by atoms with Gasteiger partial charge >= 0.3 is 12.0 Å². The van der Waals surface area contributed by atoms with Gasteiger partial charge in [-0.25, -0.2) is 9.79 Å². The molecule has 9 heteroatoms. The van der Waals surface area contributed by atoms with Crippen LogP contribution < -0.4 is 0 Å². The summed E-state index contributed by atoms with van der Waals surface area (Å²) in [6, 6.07) is 8.60. The molecular weight excluding hydrogens is 350 g/mol. The Hall–Kier alpha value is -3.10. The van der Waals surface area contributed by atoms with E-state index in [-0.39, 0.29) is 12.5 Å². The molecule has 1 saturated heterocycles. The van der Waals surface area contributed by atoms with Gasteiger partial charge in [-0.15, -0.1) is 0 Å². The molecule has 0 saturated carbocycles. The number of urea groups is 1. The van der Waals surface area contributed by atoms with Crippen LogP contribution >= 0.6 is 0 Å². The molecule has 2 heterocycles. The number of aliphatic imine (C=N–C) groups is 1. The van der Waals surface area contributed by atoms with E-state index in [2.05, 4.69) is 4.99 Å². The molecule has 2 aliphatic rings. The van der Waals surface area contributed by atoms with Crippen molar-refractivity contribution in [3.8, 4) is 0 Å². The van der Waals surface area contributed by atoms with Gasteiger partial charge < -0.3 is 19.4 Å². The average molecular weight is 373 g/mol. The summed E-state index contributed by atoms with van der Waals surface area (Å²) in [5.74, 6) is -0.395. The minimum Gasteiger partial charge on any atom is -0.468 e. The number of hydrogen-bond donors (Lipinski definition) is 0. The zero-order valence-corrected chi connectivity index (χ0v) is 15.8. The Morgan fingerprint density at radius 3 is 2.52 bits per heavy atom. The normalized spacial score (nSPS) is 21.9. The maximum atomic E-state index is 12.8. The largest absolute Gasteiger partial charge is 0.468 e. The van der Waals surface area contributed by atoms with Gasteiger partial charge in [0.25, 0.3) is 5.91 Å². The predicted octanol–water partition coefficient (Wildman–Crippen LogP) is 0.182. The van der Waals surface area contributed by atoms with Crippen molar-refractivity contribution in [2.45, 2.75) is 18.8 Å². The standard InChI is InChI=1S/C18H23N5O4/c1-20(10-12-8-6-5-7-9-12)17-19-15-14(23(17)11-13(24)27-4)16(25)22(3)18(26)21(15)2/h5-9,14-15H,10-11H2,1-4H3. The molecule has 0 spiro atoms. The minimum absolute atomic E-state index is 0.128. The number of carbonyl (C=O) groups excluding carboxylic acids is 3. The summed E-state index contributed by atoms with van der Waals surface area (Å²) >= 11 is 0. The predicted molar refractivity (Wildman–Crippen MR) is 97.6 cm³/mol. The highest BCUT2D eigenvalue weighted by atomic mass is 16.5. The number of guanidine groups is 1. The molecule has 0 aromatic heterocycles. The molecule has 2 aliphatic heterocycles. The second-order valence-electron chi connectivity index (χ2n) is 6.62. The molecule has 0 bridgehead atoms. The molecule has 0 N–H and O–H groups in total. The van der Waals surface area contributed by atoms with Crippen LogP contribution in [0.15, 0.2) is 35.3 Å². The van der Waals surface area contributed by atoms with Crippen molar-refractivity contribution in [1.82, 2.24) is 19.6 Å². The lowest BCUT2D eigenvalue weighted by molar-refractivity contribution is -0.143. The first-order valence-electron chi connectivity index (χ1n) is 8.55. The number of amides is 3. The van der Waals surface area contributed by atoms with Gasteiger partial charge in [0.2, 0.25) is 0 Å². The summed E-state index contributed by atoms with van der Waals surface area (Å²) in [5, 5.41) is 0. The van der Waals surface area contributed by atoms with Crippen molar-refractivity contribution >= 4 is 23.9 Å². The molecule has 2 atom stereocenters. The summed E-state index contributed by atoms with van der Waals surface area (Å²) < 4.78 is 4.79. The summed E-state index contributed by atoms with van der Waals surface area (Å²) in [4.78, 5) is 47.5. The van der Waals surface area contributed by atoms with E-state index in [1.807, 2.05) is 42.3 Å². The van der Waals surface area contributed by atoms with Gasteiger partial charge in [0, 0.05) is 27.7 Å². The average Bonchev–Trinajstić information content (AvgIpc) is 3.04. The first kappa shape index (κ1) is 18.7. The molecule has 1 aromatic rings. The fourth-order valence-corrected chi connectivity index (χ4v) is 3.37. The number of esters is 1. The number of nitrogens with zero attached hydrogens (tertiary/aromatic N) is 5. The highest BCUT2D eigenvalue weighted by Crippen LogP contribution is 2.28. The number of likely N-dealkylation sites (N-methyl/N-ethyl adjacent to an activating group) is 2. The lowest BCUT2D eigenvalue weighted by atomic mass is 10.1. The highest BCUT2D eigenvalue weighted by Gasteiger charge is 2.52. The van der Waals surface area contributed by atoms with Crippen molar-refractivity contribution in [2.75, 3.05) is 34.8 Å². The topological polar surface area (TPSA) is 85.8 Å². The maximum absolute atomic E-state index is 12.8. The van der Waals surface area contributed by atoms with Gasteiger partial charge in [0.1, 0.15) is 6.54 Å². The first-order chi connectivity index (χ1) is 12.8. The van der Waals surface area contributed by atoms with Crippen LogP contribution in [-0.2, 0) is 20.9 Å². The van der Waals surface area contributed by atoms with Crippen molar-refractivity contribution in [1.29, 1.82) is 0 Å². The number of imide groups is 1. The number of ether oxygens (including phenoxy) is 1. The Balaban J connectivity index is 1.93. The second-order valence-corrected chi connectivity index (χ2v) is 6.62. The molecule has 144 valence electrons. The molecule has 2 unspecified atom stereocenters. The van der Waals surface area contributed by atoms with Crippen LogP contribution in [0.1, 0.15) is 5.56 Å². The smallest absolute Gasteiger partial charge is 0.328 e. The van der Waals surface area contributed by atoms with Crippen LogP contribution in [0, 0.1) is 0 Å². The SMILES string of the molecule is COC(=O)CN1C(N(C)Cc2ccccc2)=NC2C1C(=O)N(C)C(=O)N2C. The highest BCUT2D eigenvalue weighted by molar-refractivity contribution is 6.04. The van der Waals surface area contributed by atoms with Crippen molar-refractivity contribution in [3.63, 3.8) is 0 Å². The Morgan fingerprint density at radius 2 is 1.89 bits per heavy atom. The monoisotopic (exact) mass is 373 g/mol. The van der Waals surface area contributed by atoms with Gasteiger partial charge in [0.05, 0.1) is 7.11 Å². The van der Waals surface area contributed by atoms with Crippen LogP contribution in [0.5, 0.6) is 0 Å². The van der Waals surface area contributed by atoms with Crippen molar-refractivity contribution in [3.05, 3.63) is 35.9 Å². The van der Waals surface area contributed by atoms with Gasteiger partial charge in [0.15, 0.2) is 18.2 Å². The van der Waals surface area contributed by atoms with E-state index < -0.39 is 24.2 Å². The Labute approximate surface area is 157 Å². The Morgan fingerprint density at radius 1 is 1.22 bits per heavy atom. The number of methoxy groups -OCH3 is 1. The third-order valence-electron chi connectivity index (χ3n) is 4.82. The van der Waals surface area contributed by atoms with Gasteiger partial charge in [-0.1, -0.05) is 30.3 Å². The first-order valence-corrected chi connectivity index (χ1v) is 8.55. The molecule has 3 rings (SSSR count). The second kappa shape index (κ2) is 7.26. The summed E-state index contributed by atoms with van der Waals surface area (Å²) in [7, 11) is 6.16. The summed E-state index contributed by atoms with van der Waals surface area (Å²) in [6.07, 6.45) is -0.681. The third-order valence-corrected chi connectivity index (χ3v) is 4.82. The number of benzene rings is 1. The van der Waals surface area contributed by atoms with Crippen LogP contribution in [0.2, 0.25) is 0 Å². The van der Waals surface area contributed by atoms with E-state index in [9.17, 15) is 14.4 Å². The van der Waals surface area contributed by atoms with Crippen LogP contribution in [0.25, 0.3) is 0 Å². The van der Waals surface area contributed by atoms with Gasteiger partial charge in [-0.3, -0.25) is 14.5 Å². The molecule has 9 nitrogen and oxygen atoms in total. The van der Waals surface area contributed by atoms with E-state index in [0.717, 1.165) is 10.5 Å². The maximum Gasteiger partial charge on any atom is 0.328 e. The van der Waals surface area contributed by atoms with E-state index in [1.165, 1.54) is 19.1 Å².